The van der Waals surface area contributed by atoms with Gasteiger partial charge >= 0.3 is 0 Å². The van der Waals surface area contributed by atoms with Crippen LogP contribution < -0.4 is 5.32 Å². The second-order valence-corrected chi connectivity index (χ2v) is 5.10. The van der Waals surface area contributed by atoms with Gasteiger partial charge in [-0.3, -0.25) is 0 Å². The van der Waals surface area contributed by atoms with Gasteiger partial charge in [-0.1, -0.05) is 31.2 Å². The highest BCUT2D eigenvalue weighted by molar-refractivity contribution is 5.27. The Hall–Kier alpha value is -1.61. The Bertz CT molecular complexity index is 516. The normalized spacial score (nSPS) is 12.6. The average Bonchev–Trinajstić information content (AvgIpc) is 2.83. The summed E-state index contributed by atoms with van der Waals surface area (Å²) in [6, 6.07) is 8.87. The molecule has 102 valence electrons. The van der Waals surface area contributed by atoms with Crippen molar-refractivity contribution in [1.29, 1.82) is 0 Å². The second kappa shape index (κ2) is 6.53. The molecule has 0 aliphatic carbocycles. The summed E-state index contributed by atoms with van der Waals surface area (Å²) in [6.45, 7) is 5.38. The van der Waals surface area contributed by atoms with Crippen molar-refractivity contribution in [2.75, 3.05) is 6.54 Å². The van der Waals surface area contributed by atoms with Crippen molar-refractivity contribution < 1.29 is 0 Å². The van der Waals surface area contributed by atoms with E-state index in [4.69, 9.17) is 0 Å². The monoisotopic (exact) mass is 257 g/mol. The van der Waals surface area contributed by atoms with Crippen LogP contribution in [0.5, 0.6) is 0 Å². The van der Waals surface area contributed by atoms with Gasteiger partial charge in [-0.05, 0) is 37.4 Å². The number of benzene rings is 1. The van der Waals surface area contributed by atoms with E-state index < -0.39 is 0 Å². The predicted octanol–water partition coefficient (Wildman–Crippen LogP) is 3.01. The lowest BCUT2D eigenvalue weighted by atomic mass is 9.99. The first-order valence-electron chi connectivity index (χ1n) is 6.96. The van der Waals surface area contributed by atoms with Crippen LogP contribution in [0.3, 0.4) is 0 Å². The minimum Gasteiger partial charge on any atom is -0.340 e. The highest BCUT2D eigenvalue weighted by Gasteiger charge is 2.14. The van der Waals surface area contributed by atoms with Crippen LogP contribution in [0, 0.1) is 6.92 Å². The molecule has 0 spiro atoms. The van der Waals surface area contributed by atoms with Gasteiger partial charge in [0.25, 0.3) is 0 Å². The lowest BCUT2D eigenvalue weighted by Crippen LogP contribution is -2.24. The van der Waals surface area contributed by atoms with Crippen LogP contribution in [0.25, 0.3) is 0 Å². The van der Waals surface area contributed by atoms with Gasteiger partial charge < -0.3 is 9.88 Å². The Labute approximate surface area is 115 Å². The topological polar surface area (TPSA) is 29.9 Å². The fraction of sp³-hybridized carbons (Fsp3) is 0.438. The lowest BCUT2D eigenvalue weighted by Gasteiger charge is -2.17. The summed E-state index contributed by atoms with van der Waals surface area (Å²) in [6.07, 6.45) is 6.10. The molecule has 1 aromatic carbocycles. The molecule has 0 amide bonds. The summed E-state index contributed by atoms with van der Waals surface area (Å²) in [5.41, 5.74) is 3.86. The zero-order chi connectivity index (χ0) is 13.7. The van der Waals surface area contributed by atoms with Crippen LogP contribution in [-0.2, 0) is 13.5 Å². The first kappa shape index (κ1) is 13.8. The standard InChI is InChI=1S/C16H23N3/c1-4-9-17-15(16-11-19(3)12-18-16)10-14-8-6-5-7-13(14)2/h5-8,11-12,15,17H,4,9-10H2,1-3H3. The Morgan fingerprint density at radius 2 is 2.11 bits per heavy atom. The number of hydrogen-bond donors (Lipinski definition) is 1. The molecule has 2 aromatic rings. The third-order valence-electron chi connectivity index (χ3n) is 3.41. The molecular weight excluding hydrogens is 234 g/mol. The van der Waals surface area contributed by atoms with E-state index in [0.29, 0.717) is 6.04 Å². The highest BCUT2D eigenvalue weighted by atomic mass is 15.0. The fourth-order valence-corrected chi connectivity index (χ4v) is 2.27. The predicted molar refractivity (Wildman–Crippen MR) is 79.1 cm³/mol. The molecule has 1 atom stereocenters. The number of nitrogens with zero attached hydrogens (tertiary/aromatic N) is 2. The van der Waals surface area contributed by atoms with E-state index in [1.807, 2.05) is 17.9 Å². The molecule has 0 bridgehead atoms. The average molecular weight is 257 g/mol. The molecule has 3 nitrogen and oxygen atoms in total. The number of aromatic nitrogens is 2. The minimum atomic E-state index is 0.294. The van der Waals surface area contributed by atoms with E-state index in [1.54, 1.807) is 0 Å². The summed E-state index contributed by atoms with van der Waals surface area (Å²) in [5, 5.41) is 3.60. The van der Waals surface area contributed by atoms with Crippen molar-refractivity contribution in [3.63, 3.8) is 0 Å². The molecule has 0 aliphatic heterocycles. The molecule has 3 heteroatoms. The van der Waals surface area contributed by atoms with E-state index in [-0.39, 0.29) is 0 Å². The molecule has 0 aliphatic rings. The van der Waals surface area contributed by atoms with Crippen LogP contribution in [0.15, 0.2) is 36.8 Å². The van der Waals surface area contributed by atoms with Gasteiger partial charge in [0.1, 0.15) is 0 Å². The van der Waals surface area contributed by atoms with Gasteiger partial charge in [0.2, 0.25) is 0 Å². The molecule has 1 N–H and O–H groups in total. The van der Waals surface area contributed by atoms with Gasteiger partial charge in [0.15, 0.2) is 0 Å². The Morgan fingerprint density at radius 3 is 2.74 bits per heavy atom. The van der Waals surface area contributed by atoms with Gasteiger partial charge in [-0.25, -0.2) is 4.98 Å². The number of aryl methyl sites for hydroxylation is 2. The van der Waals surface area contributed by atoms with Gasteiger partial charge in [-0.15, -0.1) is 0 Å². The van der Waals surface area contributed by atoms with Gasteiger partial charge in [0, 0.05) is 13.2 Å². The largest absolute Gasteiger partial charge is 0.340 e. The zero-order valence-electron chi connectivity index (χ0n) is 12.1. The maximum Gasteiger partial charge on any atom is 0.0947 e. The number of nitrogens with one attached hydrogen (secondary N) is 1. The van der Waals surface area contributed by atoms with Crippen LogP contribution >= 0.6 is 0 Å². The molecular formula is C16H23N3. The van der Waals surface area contributed by atoms with Crippen LogP contribution in [0.2, 0.25) is 0 Å². The molecule has 2 rings (SSSR count). The van der Waals surface area contributed by atoms with Crippen LogP contribution in [-0.4, -0.2) is 16.1 Å². The van der Waals surface area contributed by atoms with Gasteiger partial charge in [0.05, 0.1) is 18.1 Å². The minimum absolute atomic E-state index is 0.294. The number of hydrogen-bond acceptors (Lipinski definition) is 2. The van der Waals surface area contributed by atoms with E-state index in [2.05, 4.69) is 54.6 Å². The molecule has 0 radical (unpaired) electrons. The van der Waals surface area contributed by atoms with Crippen LogP contribution in [0.4, 0.5) is 0 Å². The van der Waals surface area contributed by atoms with Crippen molar-refractivity contribution in [1.82, 2.24) is 14.9 Å². The van der Waals surface area contributed by atoms with Crippen molar-refractivity contribution in [2.24, 2.45) is 7.05 Å². The Kier molecular flexibility index (Phi) is 4.74. The number of imidazole rings is 1. The van der Waals surface area contributed by atoms with Crippen molar-refractivity contribution in [3.8, 4) is 0 Å². The third-order valence-corrected chi connectivity index (χ3v) is 3.41. The van der Waals surface area contributed by atoms with Crippen molar-refractivity contribution in [3.05, 3.63) is 53.6 Å². The maximum atomic E-state index is 4.50. The van der Waals surface area contributed by atoms with Gasteiger partial charge in [-0.2, -0.15) is 0 Å². The molecule has 1 aromatic heterocycles. The SMILES string of the molecule is CCCNC(Cc1ccccc1C)c1cn(C)cn1. The Balaban J connectivity index is 2.16. The summed E-state index contributed by atoms with van der Waals surface area (Å²) in [4.78, 5) is 4.50. The van der Waals surface area contributed by atoms with Crippen LogP contribution in [0.1, 0.15) is 36.2 Å². The smallest absolute Gasteiger partial charge is 0.0947 e. The molecule has 0 fully saturated rings. The molecule has 19 heavy (non-hydrogen) atoms. The molecule has 0 saturated heterocycles. The molecule has 1 heterocycles. The number of rotatable bonds is 6. The summed E-state index contributed by atoms with van der Waals surface area (Å²) in [5.74, 6) is 0. The van der Waals surface area contributed by atoms with E-state index in [1.165, 1.54) is 11.1 Å². The zero-order valence-corrected chi connectivity index (χ0v) is 12.1. The highest BCUT2D eigenvalue weighted by Crippen LogP contribution is 2.19. The summed E-state index contributed by atoms with van der Waals surface area (Å²) < 4.78 is 2.01. The Morgan fingerprint density at radius 1 is 1.32 bits per heavy atom. The maximum absolute atomic E-state index is 4.50. The third kappa shape index (κ3) is 3.67. The van der Waals surface area contributed by atoms with E-state index >= 15 is 0 Å². The fourth-order valence-electron chi connectivity index (χ4n) is 2.27. The lowest BCUT2D eigenvalue weighted by molar-refractivity contribution is 0.518. The van der Waals surface area contributed by atoms with E-state index in [9.17, 15) is 0 Å². The summed E-state index contributed by atoms with van der Waals surface area (Å²) >= 11 is 0. The molecule has 1 unspecified atom stereocenters. The second-order valence-electron chi connectivity index (χ2n) is 5.10. The quantitative estimate of drug-likeness (QED) is 0.862. The van der Waals surface area contributed by atoms with Crippen molar-refractivity contribution in [2.45, 2.75) is 32.7 Å². The van der Waals surface area contributed by atoms with Crippen molar-refractivity contribution >= 4 is 0 Å². The molecule has 0 saturated carbocycles. The summed E-state index contributed by atoms with van der Waals surface area (Å²) in [7, 11) is 2.02. The first-order valence-corrected chi connectivity index (χ1v) is 6.96. The first-order chi connectivity index (χ1) is 9.20. The van der Waals surface area contributed by atoms with E-state index in [0.717, 1.165) is 25.1 Å².